The number of carbonyl (C=O) groups is 2. The Bertz CT molecular complexity index is 486. The molecule has 0 aromatic heterocycles. The number of hydrogen-bond acceptors (Lipinski definition) is 2. The molecule has 1 aliphatic heterocycles. The van der Waals surface area contributed by atoms with E-state index in [0.717, 1.165) is 0 Å². The smallest absolute Gasteiger partial charge is 0.310 e. The van der Waals surface area contributed by atoms with Gasteiger partial charge in [-0.3, -0.25) is 9.59 Å². The van der Waals surface area contributed by atoms with E-state index in [1.54, 1.807) is 18.2 Å². The largest absolute Gasteiger partial charge is 0.481 e. The molecule has 0 aliphatic carbocycles. The third-order valence-electron chi connectivity index (χ3n) is 2.68. The molecule has 1 aromatic rings. The summed E-state index contributed by atoms with van der Waals surface area (Å²) in [5, 5.41) is 9.26. The Kier molecular flexibility index (Phi) is 3.40. The summed E-state index contributed by atoms with van der Waals surface area (Å²) < 4.78 is 0.653. The Labute approximate surface area is 111 Å². The van der Waals surface area contributed by atoms with Gasteiger partial charge >= 0.3 is 5.97 Å². The lowest BCUT2D eigenvalue weighted by atomic mass is 9.99. The van der Waals surface area contributed by atoms with Crippen molar-refractivity contribution in [2.75, 3.05) is 13.1 Å². The lowest BCUT2D eigenvalue weighted by Gasteiger charge is -2.36. The fourth-order valence-corrected chi connectivity index (χ4v) is 2.11. The van der Waals surface area contributed by atoms with Crippen LogP contribution in [0, 0.1) is 5.92 Å². The van der Waals surface area contributed by atoms with Crippen LogP contribution in [0.1, 0.15) is 10.4 Å². The van der Waals surface area contributed by atoms with Gasteiger partial charge in [0.15, 0.2) is 0 Å². The zero-order valence-electron chi connectivity index (χ0n) is 8.69. The Balaban J connectivity index is 2.06. The van der Waals surface area contributed by atoms with Crippen molar-refractivity contribution in [2.24, 2.45) is 5.92 Å². The molecule has 1 fully saturated rings. The van der Waals surface area contributed by atoms with E-state index in [0.29, 0.717) is 15.1 Å². The van der Waals surface area contributed by atoms with Crippen LogP contribution in [0.5, 0.6) is 0 Å². The molecule has 0 spiro atoms. The van der Waals surface area contributed by atoms with Gasteiger partial charge in [-0.15, -0.1) is 0 Å². The maximum Gasteiger partial charge on any atom is 0.310 e. The van der Waals surface area contributed by atoms with Crippen molar-refractivity contribution in [2.45, 2.75) is 0 Å². The van der Waals surface area contributed by atoms with E-state index < -0.39 is 11.9 Å². The number of likely N-dealkylation sites (tertiary alicyclic amines) is 1. The molecular weight excluding hydrogens is 309 g/mol. The standard InChI is InChI=1S/C11H9BrClNO3/c12-8-3-6(1-2-9(8)13)10(15)14-4-7(5-14)11(16)17/h1-3,7H,4-5H2,(H,16,17). The molecule has 6 heteroatoms. The van der Waals surface area contributed by atoms with E-state index in [9.17, 15) is 9.59 Å². The van der Waals surface area contributed by atoms with Gasteiger partial charge in [-0.1, -0.05) is 11.6 Å². The average Bonchev–Trinajstić information content (AvgIpc) is 2.19. The lowest BCUT2D eigenvalue weighted by Crippen LogP contribution is -2.53. The Morgan fingerprint density at radius 2 is 2.06 bits per heavy atom. The minimum atomic E-state index is -0.855. The third kappa shape index (κ3) is 2.45. The molecular formula is C11H9BrClNO3. The van der Waals surface area contributed by atoms with E-state index in [-0.39, 0.29) is 19.0 Å². The van der Waals surface area contributed by atoms with Crippen LogP contribution < -0.4 is 0 Å². The second-order valence-electron chi connectivity index (χ2n) is 3.87. The topological polar surface area (TPSA) is 57.6 Å². The van der Waals surface area contributed by atoms with E-state index in [1.165, 1.54) is 4.90 Å². The summed E-state index contributed by atoms with van der Waals surface area (Å²) in [6, 6.07) is 4.90. The number of rotatable bonds is 2. The molecule has 0 saturated carbocycles. The summed E-state index contributed by atoms with van der Waals surface area (Å²) in [5.74, 6) is -1.46. The van der Waals surface area contributed by atoms with Gasteiger partial charge in [0.05, 0.1) is 10.9 Å². The summed E-state index contributed by atoms with van der Waals surface area (Å²) in [6.45, 7) is 0.544. The molecule has 1 aliphatic rings. The maximum absolute atomic E-state index is 11.9. The number of carboxylic acids is 1. The first-order valence-corrected chi connectivity index (χ1v) is 6.13. The van der Waals surface area contributed by atoms with Gasteiger partial charge in [0, 0.05) is 23.1 Å². The fourth-order valence-electron chi connectivity index (χ4n) is 1.61. The molecule has 0 atom stereocenters. The summed E-state index contributed by atoms with van der Waals surface area (Å²) >= 11 is 9.07. The van der Waals surface area contributed by atoms with Crippen LogP contribution in [0.25, 0.3) is 0 Å². The molecule has 17 heavy (non-hydrogen) atoms. The third-order valence-corrected chi connectivity index (χ3v) is 3.90. The number of carbonyl (C=O) groups excluding carboxylic acids is 1. The number of amides is 1. The highest BCUT2D eigenvalue weighted by molar-refractivity contribution is 9.10. The molecule has 0 unspecified atom stereocenters. The zero-order chi connectivity index (χ0) is 12.6. The van der Waals surface area contributed by atoms with Crippen LogP contribution in [0.2, 0.25) is 5.02 Å². The van der Waals surface area contributed by atoms with Crippen LogP contribution in [0.4, 0.5) is 0 Å². The highest BCUT2D eigenvalue weighted by Gasteiger charge is 2.35. The summed E-state index contributed by atoms with van der Waals surface area (Å²) in [6.07, 6.45) is 0. The van der Waals surface area contributed by atoms with Crippen LogP contribution in [0.15, 0.2) is 22.7 Å². The molecule has 90 valence electrons. The van der Waals surface area contributed by atoms with E-state index in [4.69, 9.17) is 16.7 Å². The van der Waals surface area contributed by atoms with Crippen LogP contribution in [-0.4, -0.2) is 35.0 Å². The van der Waals surface area contributed by atoms with Crippen molar-refractivity contribution < 1.29 is 14.7 Å². The first kappa shape index (κ1) is 12.4. The molecule has 0 radical (unpaired) electrons. The highest BCUT2D eigenvalue weighted by atomic mass is 79.9. The Morgan fingerprint density at radius 1 is 1.41 bits per heavy atom. The van der Waals surface area contributed by atoms with Crippen molar-refractivity contribution >= 4 is 39.4 Å². The second-order valence-corrected chi connectivity index (χ2v) is 5.14. The van der Waals surface area contributed by atoms with Crippen LogP contribution >= 0.6 is 27.5 Å². The van der Waals surface area contributed by atoms with Gasteiger partial charge < -0.3 is 10.0 Å². The molecule has 2 rings (SSSR count). The number of benzene rings is 1. The molecule has 1 N–H and O–H groups in total. The SMILES string of the molecule is O=C(O)C1CN(C(=O)c2ccc(Cl)c(Br)c2)C1. The number of halogens is 2. The van der Waals surface area contributed by atoms with Gasteiger partial charge in [-0.25, -0.2) is 0 Å². The van der Waals surface area contributed by atoms with E-state index in [2.05, 4.69) is 15.9 Å². The summed E-state index contributed by atoms with van der Waals surface area (Å²) in [7, 11) is 0. The highest BCUT2D eigenvalue weighted by Crippen LogP contribution is 2.25. The molecule has 4 nitrogen and oxygen atoms in total. The first-order chi connectivity index (χ1) is 7.99. The van der Waals surface area contributed by atoms with Gasteiger partial charge in [0.2, 0.25) is 0 Å². The van der Waals surface area contributed by atoms with Gasteiger partial charge in [0.25, 0.3) is 5.91 Å². The zero-order valence-corrected chi connectivity index (χ0v) is 11.0. The van der Waals surface area contributed by atoms with Crippen molar-refractivity contribution in [3.63, 3.8) is 0 Å². The molecule has 1 heterocycles. The second kappa shape index (κ2) is 4.66. The summed E-state index contributed by atoms with van der Waals surface area (Å²) in [4.78, 5) is 24.1. The molecule has 1 amide bonds. The molecule has 0 bridgehead atoms. The van der Waals surface area contributed by atoms with Gasteiger partial charge in [0.1, 0.15) is 0 Å². The first-order valence-electron chi connectivity index (χ1n) is 4.96. The lowest BCUT2D eigenvalue weighted by molar-refractivity contribution is -0.146. The fraction of sp³-hybridized carbons (Fsp3) is 0.273. The Morgan fingerprint density at radius 3 is 2.59 bits per heavy atom. The number of carboxylic acid groups (broad SMARTS) is 1. The van der Waals surface area contributed by atoms with Gasteiger partial charge in [-0.05, 0) is 34.1 Å². The monoisotopic (exact) mass is 317 g/mol. The predicted molar refractivity (Wildman–Crippen MR) is 66.2 cm³/mol. The van der Waals surface area contributed by atoms with Crippen LogP contribution in [-0.2, 0) is 4.79 Å². The van der Waals surface area contributed by atoms with Crippen molar-refractivity contribution in [1.29, 1.82) is 0 Å². The predicted octanol–water partition coefficient (Wildman–Crippen LogP) is 2.26. The minimum Gasteiger partial charge on any atom is -0.481 e. The average molecular weight is 319 g/mol. The van der Waals surface area contributed by atoms with Gasteiger partial charge in [-0.2, -0.15) is 0 Å². The van der Waals surface area contributed by atoms with Crippen LogP contribution in [0.3, 0.4) is 0 Å². The van der Waals surface area contributed by atoms with Crippen molar-refractivity contribution in [3.8, 4) is 0 Å². The van der Waals surface area contributed by atoms with E-state index >= 15 is 0 Å². The normalized spacial score (nSPS) is 15.5. The van der Waals surface area contributed by atoms with E-state index in [1.807, 2.05) is 0 Å². The van der Waals surface area contributed by atoms with Crippen molar-refractivity contribution in [3.05, 3.63) is 33.3 Å². The molecule has 1 saturated heterocycles. The Hall–Kier alpha value is -1.07. The molecule has 1 aromatic carbocycles. The maximum atomic E-state index is 11.9. The van der Waals surface area contributed by atoms with Crippen molar-refractivity contribution in [1.82, 2.24) is 4.90 Å². The number of aliphatic carboxylic acids is 1. The number of hydrogen-bond donors (Lipinski definition) is 1. The number of nitrogens with zero attached hydrogens (tertiary/aromatic N) is 1. The summed E-state index contributed by atoms with van der Waals surface area (Å²) in [5.41, 5.74) is 0.505. The minimum absolute atomic E-state index is 0.167. The quantitative estimate of drug-likeness (QED) is 0.910.